The maximum absolute atomic E-state index is 13.1. The fourth-order valence-electron chi connectivity index (χ4n) is 4.59. The number of carboxylic acid groups (broad SMARTS) is 1. The van der Waals surface area contributed by atoms with E-state index in [0.29, 0.717) is 31.4 Å². The minimum atomic E-state index is -5.08. The molecule has 9 nitrogen and oxygen atoms in total. The number of ether oxygens (including phenoxy) is 2. The van der Waals surface area contributed by atoms with E-state index in [0.717, 1.165) is 50.3 Å². The highest BCUT2D eigenvalue weighted by Crippen LogP contribution is 2.34. The number of carboxylic acids is 1. The number of fused-ring (bicyclic) bond motifs is 3. The van der Waals surface area contributed by atoms with E-state index in [2.05, 4.69) is 57.5 Å². The summed E-state index contributed by atoms with van der Waals surface area (Å²) in [6, 6.07) is 10.8. The van der Waals surface area contributed by atoms with E-state index in [4.69, 9.17) is 19.4 Å². The number of carbonyl (C=O) groups is 2. The van der Waals surface area contributed by atoms with Crippen molar-refractivity contribution in [2.24, 2.45) is 0 Å². The zero-order valence-electron chi connectivity index (χ0n) is 21.9. The van der Waals surface area contributed by atoms with Gasteiger partial charge in [0.2, 0.25) is 0 Å². The van der Waals surface area contributed by atoms with Crippen LogP contribution in [-0.4, -0.2) is 90.3 Å². The molecule has 2 aromatic heterocycles. The predicted octanol–water partition coefficient (Wildman–Crippen LogP) is 3.91. The van der Waals surface area contributed by atoms with Crippen LogP contribution in [-0.2, 0) is 20.8 Å². The number of halogens is 3. The summed E-state index contributed by atoms with van der Waals surface area (Å²) in [5, 5.41) is 11.4. The number of benzene rings is 1. The first kappa shape index (κ1) is 29.5. The fraction of sp³-hybridized carbons (Fsp3) is 0.538. The number of nitrogens with one attached hydrogen (secondary N) is 1. The maximum Gasteiger partial charge on any atom is 0.490 e. The molecule has 1 amide bonds. The number of amides is 1. The van der Waals surface area contributed by atoms with E-state index in [1.807, 2.05) is 6.07 Å². The highest BCUT2D eigenvalue weighted by molar-refractivity contribution is 6.10. The molecule has 0 atom stereocenters. The minimum Gasteiger partial charge on any atom is -0.475 e. The number of aromatic nitrogens is 2. The average molecular weight is 541 g/mol. The van der Waals surface area contributed by atoms with E-state index in [1.54, 1.807) is 7.11 Å². The molecule has 0 saturated carbocycles. The van der Waals surface area contributed by atoms with Gasteiger partial charge in [-0.25, -0.2) is 4.79 Å². The van der Waals surface area contributed by atoms with Crippen molar-refractivity contribution >= 4 is 33.8 Å². The molecule has 1 aliphatic rings. The molecule has 1 aromatic carbocycles. The zero-order chi connectivity index (χ0) is 27.9. The summed E-state index contributed by atoms with van der Waals surface area (Å²) in [5.41, 5.74) is 4.12. The number of rotatable bonds is 9. The summed E-state index contributed by atoms with van der Waals surface area (Å²) in [6.07, 6.45) is -4.15. The molecule has 0 bridgehead atoms. The topological polar surface area (TPSA) is 98.0 Å². The first-order valence-corrected chi connectivity index (χ1v) is 12.6. The summed E-state index contributed by atoms with van der Waals surface area (Å²) < 4.78 is 46.9. The van der Waals surface area contributed by atoms with E-state index in [1.165, 1.54) is 10.9 Å². The third-order valence-corrected chi connectivity index (χ3v) is 6.31. The summed E-state index contributed by atoms with van der Waals surface area (Å²) in [6.45, 7) is 10.8. The second-order valence-corrected chi connectivity index (χ2v) is 9.26. The molecule has 12 heteroatoms. The van der Waals surface area contributed by atoms with Crippen LogP contribution in [0.15, 0.2) is 30.3 Å². The van der Waals surface area contributed by atoms with Crippen molar-refractivity contribution in [1.29, 1.82) is 0 Å². The smallest absolute Gasteiger partial charge is 0.475 e. The Balaban J connectivity index is 0.000000505. The molecular weight excluding hydrogens is 505 g/mol. The molecule has 0 spiro atoms. The number of aliphatic carboxylic acids is 1. The quantitative estimate of drug-likeness (QED) is 0.400. The van der Waals surface area contributed by atoms with Gasteiger partial charge in [0, 0.05) is 44.7 Å². The van der Waals surface area contributed by atoms with Gasteiger partial charge in [0.25, 0.3) is 5.91 Å². The summed E-state index contributed by atoms with van der Waals surface area (Å²) in [7, 11) is 1.70. The predicted molar refractivity (Wildman–Crippen MR) is 138 cm³/mol. The molecule has 0 unspecified atom stereocenters. The number of nitrogens with zero attached hydrogens (tertiary/aromatic N) is 3. The van der Waals surface area contributed by atoms with Crippen molar-refractivity contribution in [2.75, 3.05) is 53.1 Å². The van der Waals surface area contributed by atoms with E-state index >= 15 is 0 Å². The third-order valence-electron chi connectivity index (χ3n) is 6.31. The van der Waals surface area contributed by atoms with Gasteiger partial charge < -0.3 is 29.0 Å². The normalized spacial score (nSPS) is 14.6. The lowest BCUT2D eigenvalue weighted by molar-refractivity contribution is -0.192. The largest absolute Gasteiger partial charge is 0.490 e. The number of para-hydroxylation sites is 1. The van der Waals surface area contributed by atoms with Gasteiger partial charge in [-0.15, -0.1) is 0 Å². The van der Waals surface area contributed by atoms with Gasteiger partial charge in [-0.05, 0) is 38.9 Å². The first-order valence-electron chi connectivity index (χ1n) is 12.6. The van der Waals surface area contributed by atoms with Gasteiger partial charge >= 0.3 is 12.1 Å². The highest BCUT2D eigenvalue weighted by Gasteiger charge is 2.38. The molecule has 1 saturated heterocycles. The van der Waals surface area contributed by atoms with Crippen molar-refractivity contribution in [1.82, 2.24) is 19.4 Å². The lowest BCUT2D eigenvalue weighted by atomic mass is 10.2. The molecule has 1 aliphatic heterocycles. The molecule has 0 radical (unpaired) electrons. The van der Waals surface area contributed by atoms with Crippen LogP contribution in [0, 0.1) is 0 Å². The molecule has 2 N–H and O–H groups in total. The van der Waals surface area contributed by atoms with Gasteiger partial charge in [0.15, 0.2) is 0 Å². The third kappa shape index (κ3) is 7.06. The van der Waals surface area contributed by atoms with Gasteiger partial charge in [0.05, 0.1) is 36.4 Å². The second kappa shape index (κ2) is 13.1. The Hall–Kier alpha value is -3.09. The van der Waals surface area contributed by atoms with Crippen LogP contribution in [0.3, 0.4) is 0 Å². The fourth-order valence-corrected chi connectivity index (χ4v) is 4.59. The van der Waals surface area contributed by atoms with Gasteiger partial charge in [-0.3, -0.25) is 9.69 Å². The molecule has 0 aliphatic carbocycles. The van der Waals surface area contributed by atoms with E-state index in [-0.39, 0.29) is 5.91 Å². The van der Waals surface area contributed by atoms with Gasteiger partial charge in [-0.2, -0.15) is 13.2 Å². The van der Waals surface area contributed by atoms with Crippen LogP contribution in [0.4, 0.5) is 13.2 Å². The highest BCUT2D eigenvalue weighted by atomic mass is 19.4. The SMILES string of the molecule is COCCn1c(C(=O)NCCCN2CCOCC2)cc2c1c1ccccc1n2C(C)C.O=C(O)C(F)(F)F. The van der Waals surface area contributed by atoms with Crippen LogP contribution in [0.2, 0.25) is 0 Å². The number of hydrogen-bond acceptors (Lipinski definition) is 5. The molecule has 4 rings (SSSR count). The number of morpholine rings is 1. The summed E-state index contributed by atoms with van der Waals surface area (Å²) >= 11 is 0. The Bertz CT molecular complexity index is 1230. The summed E-state index contributed by atoms with van der Waals surface area (Å²) in [4.78, 5) is 24.4. The summed E-state index contributed by atoms with van der Waals surface area (Å²) in [5.74, 6) is -2.78. The monoisotopic (exact) mass is 540 g/mol. The van der Waals surface area contributed by atoms with Crippen LogP contribution in [0.25, 0.3) is 21.9 Å². The standard InChI is InChI=1S/C24H34N4O3.C2HF3O2/c1-18(2)28-20-8-5-4-7-19(20)23-21(28)17-22(27(23)13-14-30-3)24(29)25-9-6-10-26-11-15-31-16-12-26;3-2(4,5)1(6)7/h4-5,7-8,17-18H,6,9-16H2,1-3H3,(H,25,29);(H,6,7). The number of alkyl halides is 3. The van der Waals surface area contributed by atoms with Crippen molar-refractivity contribution < 1.29 is 37.3 Å². The van der Waals surface area contributed by atoms with Crippen LogP contribution >= 0.6 is 0 Å². The molecule has 1 fully saturated rings. The average Bonchev–Trinajstić information content (AvgIpc) is 3.40. The van der Waals surface area contributed by atoms with Crippen molar-refractivity contribution in [2.45, 2.75) is 39.0 Å². The molecule has 3 heterocycles. The van der Waals surface area contributed by atoms with Crippen LogP contribution < -0.4 is 5.32 Å². The van der Waals surface area contributed by atoms with Crippen molar-refractivity contribution in [3.05, 3.63) is 36.0 Å². The van der Waals surface area contributed by atoms with Crippen molar-refractivity contribution in [3.63, 3.8) is 0 Å². The Kier molecular flexibility index (Phi) is 10.2. The lowest BCUT2D eigenvalue weighted by Crippen LogP contribution is -2.38. The van der Waals surface area contributed by atoms with Gasteiger partial charge in [0.1, 0.15) is 5.69 Å². The number of carbonyl (C=O) groups excluding carboxylic acids is 1. The van der Waals surface area contributed by atoms with E-state index in [9.17, 15) is 18.0 Å². The van der Waals surface area contributed by atoms with Crippen LogP contribution in [0.5, 0.6) is 0 Å². The Morgan fingerprint density at radius 1 is 1.13 bits per heavy atom. The number of methoxy groups -OCH3 is 1. The maximum atomic E-state index is 13.1. The van der Waals surface area contributed by atoms with Crippen molar-refractivity contribution in [3.8, 4) is 0 Å². The zero-order valence-corrected chi connectivity index (χ0v) is 21.9. The molecule has 3 aromatic rings. The molecular formula is C26H35F3N4O5. The second-order valence-electron chi connectivity index (χ2n) is 9.26. The Morgan fingerprint density at radius 3 is 2.39 bits per heavy atom. The van der Waals surface area contributed by atoms with E-state index < -0.39 is 12.1 Å². The lowest BCUT2D eigenvalue weighted by Gasteiger charge is -2.26. The molecule has 38 heavy (non-hydrogen) atoms. The van der Waals surface area contributed by atoms with Crippen LogP contribution in [0.1, 0.15) is 36.8 Å². The minimum absolute atomic E-state index is 0.0198. The molecule has 210 valence electrons. The Labute approximate surface area is 219 Å². The van der Waals surface area contributed by atoms with Gasteiger partial charge in [-0.1, -0.05) is 18.2 Å². The number of hydrogen-bond donors (Lipinski definition) is 2. The Morgan fingerprint density at radius 2 is 1.79 bits per heavy atom. The first-order chi connectivity index (χ1) is 18.1.